The standard InChI is InChI=1S/C30H31N3O4S/c1-4-20-8-5-6-9-21(20)10-7-17-38(35,36)33-28-24(22-15-16-22)18-25-26(29(34)31-3)27(37-30(25)32-28)23-13-11-19(2)12-14-23/h4-6,8-9,11-14,18,22H,1,7,10,15-17H2,2-3H3,(H,31,34)(H,32,33). The molecule has 0 atom stereocenters. The number of nitrogens with zero attached hydrogens (tertiary/aromatic N) is 1. The largest absolute Gasteiger partial charge is 0.437 e. The zero-order valence-electron chi connectivity index (χ0n) is 21.6. The predicted octanol–water partition coefficient (Wildman–Crippen LogP) is 6.06. The molecule has 4 aromatic rings. The van der Waals surface area contributed by atoms with Gasteiger partial charge < -0.3 is 9.73 Å². The lowest BCUT2D eigenvalue weighted by Gasteiger charge is -2.12. The number of carbonyl (C=O) groups is 1. The highest BCUT2D eigenvalue weighted by atomic mass is 32.2. The van der Waals surface area contributed by atoms with Gasteiger partial charge in [0, 0.05) is 12.6 Å². The van der Waals surface area contributed by atoms with Crippen LogP contribution in [0.4, 0.5) is 5.82 Å². The summed E-state index contributed by atoms with van der Waals surface area (Å²) in [7, 11) is -2.09. The number of sulfonamides is 1. The van der Waals surface area contributed by atoms with Crippen LogP contribution in [-0.4, -0.2) is 32.1 Å². The summed E-state index contributed by atoms with van der Waals surface area (Å²) in [6, 6.07) is 17.4. The van der Waals surface area contributed by atoms with Gasteiger partial charge in [0.15, 0.2) is 0 Å². The number of rotatable bonds is 10. The smallest absolute Gasteiger partial charge is 0.255 e. The second-order valence-electron chi connectivity index (χ2n) is 9.73. The predicted molar refractivity (Wildman–Crippen MR) is 152 cm³/mol. The maximum Gasteiger partial charge on any atom is 0.255 e. The van der Waals surface area contributed by atoms with Crippen LogP contribution >= 0.6 is 0 Å². The molecule has 1 aliphatic rings. The van der Waals surface area contributed by atoms with E-state index in [1.807, 2.05) is 61.5 Å². The second kappa shape index (κ2) is 10.5. The third-order valence-electron chi connectivity index (χ3n) is 6.88. The fourth-order valence-electron chi connectivity index (χ4n) is 4.70. The Balaban J connectivity index is 1.47. The molecule has 7 nitrogen and oxygen atoms in total. The zero-order chi connectivity index (χ0) is 26.9. The Morgan fingerprint density at radius 1 is 1.16 bits per heavy atom. The van der Waals surface area contributed by atoms with E-state index in [9.17, 15) is 13.2 Å². The van der Waals surface area contributed by atoms with E-state index in [1.54, 1.807) is 13.1 Å². The zero-order valence-corrected chi connectivity index (χ0v) is 22.4. The van der Waals surface area contributed by atoms with Crippen LogP contribution in [0.15, 0.2) is 65.6 Å². The summed E-state index contributed by atoms with van der Waals surface area (Å²) in [6.07, 6.45) is 4.75. The van der Waals surface area contributed by atoms with E-state index in [0.29, 0.717) is 29.6 Å². The molecule has 0 spiro atoms. The van der Waals surface area contributed by atoms with E-state index in [2.05, 4.69) is 21.6 Å². The number of amides is 1. The summed E-state index contributed by atoms with van der Waals surface area (Å²) in [5.74, 6) is 0.558. The minimum absolute atomic E-state index is 0.0431. The topological polar surface area (TPSA) is 101 Å². The van der Waals surface area contributed by atoms with Crippen molar-refractivity contribution in [3.63, 3.8) is 0 Å². The molecule has 1 fully saturated rings. The SMILES string of the molecule is C=Cc1ccccc1CCCS(=O)(=O)Nc1nc2oc(-c3ccc(C)cc3)c(C(=O)NC)c2cc1C1CC1. The number of benzene rings is 2. The lowest BCUT2D eigenvalue weighted by molar-refractivity contribution is 0.0964. The van der Waals surface area contributed by atoms with Gasteiger partial charge in [-0.3, -0.25) is 9.52 Å². The van der Waals surface area contributed by atoms with Gasteiger partial charge >= 0.3 is 0 Å². The Morgan fingerprint density at radius 3 is 2.58 bits per heavy atom. The highest BCUT2D eigenvalue weighted by Gasteiger charge is 2.31. The molecule has 2 N–H and O–H groups in total. The molecule has 196 valence electrons. The first-order chi connectivity index (χ1) is 18.3. The fraction of sp³-hybridized carbons (Fsp3) is 0.267. The van der Waals surface area contributed by atoms with Crippen LogP contribution in [-0.2, 0) is 16.4 Å². The van der Waals surface area contributed by atoms with Gasteiger partial charge in [-0.05, 0) is 61.3 Å². The first-order valence-electron chi connectivity index (χ1n) is 12.8. The molecule has 1 amide bonds. The highest BCUT2D eigenvalue weighted by molar-refractivity contribution is 7.92. The van der Waals surface area contributed by atoms with Gasteiger partial charge in [-0.2, -0.15) is 4.98 Å². The van der Waals surface area contributed by atoms with Crippen molar-refractivity contribution in [1.29, 1.82) is 0 Å². The Morgan fingerprint density at radius 2 is 1.89 bits per heavy atom. The van der Waals surface area contributed by atoms with Crippen LogP contribution in [0.1, 0.15) is 57.8 Å². The first kappa shape index (κ1) is 25.7. The Bertz CT molecular complexity index is 1620. The Kier molecular flexibility index (Phi) is 7.08. The van der Waals surface area contributed by atoms with Gasteiger partial charge in [0.2, 0.25) is 15.7 Å². The van der Waals surface area contributed by atoms with Crippen molar-refractivity contribution < 1.29 is 17.6 Å². The number of aromatic nitrogens is 1. The summed E-state index contributed by atoms with van der Waals surface area (Å²) in [5, 5.41) is 3.27. The number of hydrogen-bond donors (Lipinski definition) is 2. The van der Waals surface area contributed by atoms with Gasteiger partial charge in [-0.25, -0.2) is 8.42 Å². The molecule has 1 aliphatic carbocycles. The summed E-state index contributed by atoms with van der Waals surface area (Å²) in [5.41, 5.74) is 5.33. The Hall–Kier alpha value is -3.91. The molecule has 5 rings (SSSR count). The van der Waals surface area contributed by atoms with Gasteiger partial charge in [0.05, 0.1) is 16.7 Å². The summed E-state index contributed by atoms with van der Waals surface area (Å²) in [4.78, 5) is 17.5. The number of fused-ring (bicyclic) bond motifs is 1. The van der Waals surface area contributed by atoms with E-state index in [0.717, 1.165) is 40.7 Å². The number of nitrogens with one attached hydrogen (secondary N) is 2. The number of carbonyl (C=O) groups excluding carboxylic acids is 1. The second-order valence-corrected chi connectivity index (χ2v) is 11.6. The minimum Gasteiger partial charge on any atom is -0.437 e. The lowest BCUT2D eigenvalue weighted by atomic mass is 10.0. The van der Waals surface area contributed by atoms with Gasteiger partial charge in [-0.1, -0.05) is 66.7 Å². The number of hydrogen-bond acceptors (Lipinski definition) is 5. The lowest BCUT2D eigenvalue weighted by Crippen LogP contribution is -2.19. The molecular formula is C30H31N3O4S. The van der Waals surface area contributed by atoms with Crippen molar-refractivity contribution in [2.45, 2.75) is 38.5 Å². The van der Waals surface area contributed by atoms with E-state index < -0.39 is 10.0 Å². The molecule has 8 heteroatoms. The molecule has 2 aromatic carbocycles. The molecule has 0 unspecified atom stereocenters. The van der Waals surface area contributed by atoms with E-state index in [-0.39, 0.29) is 29.1 Å². The monoisotopic (exact) mass is 529 g/mol. The van der Waals surface area contributed by atoms with Crippen molar-refractivity contribution in [2.24, 2.45) is 0 Å². The van der Waals surface area contributed by atoms with Crippen molar-refractivity contribution in [3.05, 3.63) is 89.0 Å². The number of pyridine rings is 1. The number of furan rings is 1. The van der Waals surface area contributed by atoms with Gasteiger partial charge in [0.25, 0.3) is 5.91 Å². The van der Waals surface area contributed by atoms with Crippen molar-refractivity contribution in [3.8, 4) is 11.3 Å². The van der Waals surface area contributed by atoms with Crippen LogP contribution < -0.4 is 10.0 Å². The molecule has 0 saturated heterocycles. The van der Waals surface area contributed by atoms with Crippen LogP contribution in [0, 0.1) is 6.92 Å². The highest BCUT2D eigenvalue weighted by Crippen LogP contribution is 2.45. The number of anilines is 1. The van der Waals surface area contributed by atoms with E-state index in [4.69, 9.17) is 4.42 Å². The van der Waals surface area contributed by atoms with Crippen LogP contribution in [0.3, 0.4) is 0 Å². The van der Waals surface area contributed by atoms with E-state index in [1.165, 1.54) is 0 Å². The maximum atomic E-state index is 13.1. The normalized spacial score (nSPS) is 13.4. The van der Waals surface area contributed by atoms with Crippen molar-refractivity contribution in [1.82, 2.24) is 10.3 Å². The molecular weight excluding hydrogens is 498 g/mol. The van der Waals surface area contributed by atoms with Crippen LogP contribution in [0.2, 0.25) is 0 Å². The molecule has 38 heavy (non-hydrogen) atoms. The fourth-order valence-corrected chi connectivity index (χ4v) is 5.78. The summed E-state index contributed by atoms with van der Waals surface area (Å²) < 4.78 is 35.0. The quantitative estimate of drug-likeness (QED) is 0.260. The average Bonchev–Trinajstić information content (AvgIpc) is 3.68. The number of aryl methyl sites for hydroxylation is 2. The molecule has 0 aliphatic heterocycles. The van der Waals surface area contributed by atoms with Gasteiger partial charge in [-0.15, -0.1) is 0 Å². The first-order valence-corrected chi connectivity index (χ1v) is 14.4. The maximum absolute atomic E-state index is 13.1. The summed E-state index contributed by atoms with van der Waals surface area (Å²) >= 11 is 0. The van der Waals surface area contributed by atoms with Crippen molar-refractivity contribution in [2.75, 3.05) is 17.5 Å². The minimum atomic E-state index is -3.66. The van der Waals surface area contributed by atoms with Crippen LogP contribution in [0.25, 0.3) is 28.5 Å². The van der Waals surface area contributed by atoms with Crippen LogP contribution in [0.5, 0.6) is 0 Å². The van der Waals surface area contributed by atoms with Crippen molar-refractivity contribution >= 4 is 38.9 Å². The summed E-state index contributed by atoms with van der Waals surface area (Å²) in [6.45, 7) is 5.82. The molecule has 0 bridgehead atoms. The molecule has 1 saturated carbocycles. The third kappa shape index (κ3) is 5.36. The third-order valence-corrected chi connectivity index (χ3v) is 8.21. The van der Waals surface area contributed by atoms with E-state index >= 15 is 0 Å². The Labute approximate surface area is 223 Å². The van der Waals surface area contributed by atoms with Gasteiger partial charge in [0.1, 0.15) is 11.6 Å². The molecule has 2 heterocycles. The molecule has 2 aromatic heterocycles. The molecule has 0 radical (unpaired) electrons. The average molecular weight is 530 g/mol.